The van der Waals surface area contributed by atoms with Gasteiger partial charge in [0.25, 0.3) is 0 Å². The minimum atomic E-state index is -0.148. The zero-order valence-electron chi connectivity index (χ0n) is 16.4. The summed E-state index contributed by atoms with van der Waals surface area (Å²) in [7, 11) is 0. The molecule has 1 fully saturated rings. The van der Waals surface area contributed by atoms with Gasteiger partial charge in [-0.15, -0.1) is 11.8 Å². The second-order valence-corrected chi connectivity index (χ2v) is 8.64. The Balaban J connectivity index is 1.54. The minimum Gasteiger partial charge on any atom is -0.488 e. The monoisotopic (exact) mass is 370 g/mol. The van der Waals surface area contributed by atoms with Crippen LogP contribution in [0.15, 0.2) is 53.4 Å². The van der Waals surface area contributed by atoms with Crippen LogP contribution in [-0.4, -0.2) is 42.9 Å². The van der Waals surface area contributed by atoms with E-state index in [1.54, 1.807) is 0 Å². The summed E-state index contributed by atoms with van der Waals surface area (Å²) in [6, 6.07) is 17.3. The number of nitrogens with zero attached hydrogens (tertiary/aromatic N) is 2. The predicted molar refractivity (Wildman–Crippen MR) is 113 cm³/mol. The summed E-state index contributed by atoms with van der Waals surface area (Å²) in [6.07, 6.45) is 2.15. The number of ether oxygens (including phenoxy) is 1. The van der Waals surface area contributed by atoms with Gasteiger partial charge in [-0.2, -0.15) is 0 Å². The molecule has 0 amide bonds. The Morgan fingerprint density at radius 3 is 2.19 bits per heavy atom. The Hall–Kier alpha value is -1.65. The lowest BCUT2D eigenvalue weighted by Gasteiger charge is -2.37. The van der Waals surface area contributed by atoms with Crippen molar-refractivity contribution in [3.05, 3.63) is 54.1 Å². The third kappa shape index (κ3) is 5.18. The summed E-state index contributed by atoms with van der Waals surface area (Å²) in [4.78, 5) is 6.43. The maximum absolute atomic E-state index is 5.91. The van der Waals surface area contributed by atoms with Crippen molar-refractivity contribution in [1.82, 2.24) is 4.90 Å². The van der Waals surface area contributed by atoms with Crippen LogP contribution in [0.1, 0.15) is 26.3 Å². The Morgan fingerprint density at radius 2 is 1.58 bits per heavy atom. The largest absolute Gasteiger partial charge is 0.488 e. The molecule has 2 aromatic rings. The van der Waals surface area contributed by atoms with Crippen LogP contribution in [0.4, 0.5) is 5.69 Å². The second-order valence-electron chi connectivity index (χ2n) is 7.79. The molecule has 0 aliphatic carbocycles. The molecule has 1 saturated heterocycles. The van der Waals surface area contributed by atoms with Crippen LogP contribution in [0.5, 0.6) is 5.75 Å². The first kappa shape index (κ1) is 19.1. The van der Waals surface area contributed by atoms with E-state index in [-0.39, 0.29) is 5.60 Å². The van der Waals surface area contributed by atoms with Crippen molar-refractivity contribution in [2.24, 2.45) is 0 Å². The van der Waals surface area contributed by atoms with Crippen LogP contribution in [0, 0.1) is 0 Å². The van der Waals surface area contributed by atoms with Crippen LogP contribution in [0.3, 0.4) is 0 Å². The number of benzene rings is 2. The molecule has 1 heterocycles. The Bertz CT molecular complexity index is 701. The maximum Gasteiger partial charge on any atom is 0.120 e. The van der Waals surface area contributed by atoms with Gasteiger partial charge in [0.15, 0.2) is 0 Å². The van der Waals surface area contributed by atoms with Crippen molar-refractivity contribution in [1.29, 1.82) is 0 Å². The van der Waals surface area contributed by atoms with Gasteiger partial charge in [0.2, 0.25) is 0 Å². The zero-order chi connectivity index (χ0) is 18.6. The highest BCUT2D eigenvalue weighted by atomic mass is 32.2. The van der Waals surface area contributed by atoms with Gasteiger partial charge in [-0.3, -0.25) is 4.90 Å². The molecule has 26 heavy (non-hydrogen) atoms. The normalized spacial score (nSPS) is 15.9. The van der Waals surface area contributed by atoms with E-state index in [2.05, 4.69) is 85.4 Å². The van der Waals surface area contributed by atoms with Crippen LogP contribution in [0.25, 0.3) is 0 Å². The molecule has 140 valence electrons. The topological polar surface area (TPSA) is 15.7 Å². The molecule has 3 rings (SSSR count). The smallest absolute Gasteiger partial charge is 0.120 e. The van der Waals surface area contributed by atoms with Crippen molar-refractivity contribution >= 4 is 17.4 Å². The van der Waals surface area contributed by atoms with Crippen LogP contribution < -0.4 is 9.64 Å². The van der Waals surface area contributed by atoms with Gasteiger partial charge in [-0.25, -0.2) is 0 Å². The van der Waals surface area contributed by atoms with Crippen molar-refractivity contribution < 1.29 is 4.74 Å². The van der Waals surface area contributed by atoms with E-state index in [0.29, 0.717) is 0 Å². The van der Waals surface area contributed by atoms with E-state index in [0.717, 1.165) is 38.5 Å². The number of hydrogen-bond acceptors (Lipinski definition) is 4. The van der Waals surface area contributed by atoms with Gasteiger partial charge in [-0.1, -0.05) is 24.3 Å². The molecule has 0 bridgehead atoms. The molecule has 0 aromatic heterocycles. The van der Waals surface area contributed by atoms with E-state index in [1.165, 1.54) is 16.1 Å². The summed E-state index contributed by atoms with van der Waals surface area (Å²) < 4.78 is 5.91. The molecule has 2 aromatic carbocycles. The second kappa shape index (κ2) is 8.36. The van der Waals surface area contributed by atoms with E-state index >= 15 is 0 Å². The van der Waals surface area contributed by atoms with E-state index in [4.69, 9.17) is 4.74 Å². The fraction of sp³-hybridized carbons (Fsp3) is 0.455. The first-order chi connectivity index (χ1) is 12.4. The van der Waals surface area contributed by atoms with Gasteiger partial charge in [0, 0.05) is 37.6 Å². The fourth-order valence-corrected chi connectivity index (χ4v) is 3.93. The first-order valence-corrected chi connectivity index (χ1v) is 10.6. The van der Waals surface area contributed by atoms with E-state index < -0.39 is 0 Å². The third-order valence-corrected chi connectivity index (χ3v) is 5.34. The Labute approximate surface area is 162 Å². The van der Waals surface area contributed by atoms with Gasteiger partial charge in [0.1, 0.15) is 11.4 Å². The molecule has 0 atom stereocenters. The molecule has 0 N–H and O–H groups in total. The lowest BCUT2D eigenvalue weighted by molar-refractivity contribution is 0.131. The standard InChI is InChI=1S/C22H30N2OS/c1-22(2,3)25-19-11-9-18(10-12-19)17-23-13-15-24(16-14-23)20-7-5-6-8-21(20)26-4/h5-12H,13-17H2,1-4H3. The summed E-state index contributed by atoms with van der Waals surface area (Å²) in [6.45, 7) is 11.6. The molecule has 4 heteroatoms. The highest BCUT2D eigenvalue weighted by molar-refractivity contribution is 7.98. The van der Waals surface area contributed by atoms with Gasteiger partial charge in [-0.05, 0) is 56.9 Å². The SMILES string of the molecule is CSc1ccccc1N1CCN(Cc2ccc(OC(C)(C)C)cc2)CC1. The zero-order valence-corrected chi connectivity index (χ0v) is 17.2. The molecular weight excluding hydrogens is 340 g/mol. The summed E-state index contributed by atoms with van der Waals surface area (Å²) in [5.74, 6) is 0.944. The van der Waals surface area contributed by atoms with Crippen molar-refractivity contribution in [2.45, 2.75) is 37.8 Å². The highest BCUT2D eigenvalue weighted by Crippen LogP contribution is 2.29. The average molecular weight is 371 g/mol. The molecular formula is C22H30N2OS. The van der Waals surface area contributed by atoms with Gasteiger partial charge in [0.05, 0.1) is 5.69 Å². The predicted octanol–water partition coefficient (Wildman–Crippen LogP) is 4.91. The number of piperazine rings is 1. The van der Waals surface area contributed by atoms with Crippen LogP contribution >= 0.6 is 11.8 Å². The highest BCUT2D eigenvalue weighted by Gasteiger charge is 2.19. The molecule has 0 unspecified atom stereocenters. The number of para-hydroxylation sites is 1. The molecule has 1 aliphatic heterocycles. The van der Waals surface area contributed by atoms with E-state index in [1.807, 2.05) is 11.8 Å². The fourth-order valence-electron chi connectivity index (χ4n) is 3.31. The van der Waals surface area contributed by atoms with Gasteiger partial charge < -0.3 is 9.64 Å². The Morgan fingerprint density at radius 1 is 0.923 bits per heavy atom. The third-order valence-electron chi connectivity index (χ3n) is 4.55. The van der Waals surface area contributed by atoms with E-state index in [9.17, 15) is 0 Å². The molecule has 0 saturated carbocycles. The number of thioether (sulfide) groups is 1. The summed E-state index contributed by atoms with van der Waals surface area (Å²) in [5.41, 5.74) is 2.58. The molecule has 0 spiro atoms. The summed E-state index contributed by atoms with van der Waals surface area (Å²) >= 11 is 1.83. The van der Waals surface area contributed by atoms with Gasteiger partial charge >= 0.3 is 0 Å². The quantitative estimate of drug-likeness (QED) is 0.695. The number of rotatable bonds is 5. The average Bonchev–Trinajstić information content (AvgIpc) is 2.63. The first-order valence-electron chi connectivity index (χ1n) is 9.33. The van der Waals surface area contributed by atoms with Crippen LogP contribution in [0.2, 0.25) is 0 Å². The summed E-state index contributed by atoms with van der Waals surface area (Å²) in [5, 5.41) is 0. The van der Waals surface area contributed by atoms with Crippen LogP contribution in [-0.2, 0) is 6.54 Å². The van der Waals surface area contributed by atoms with Crippen molar-refractivity contribution in [2.75, 3.05) is 37.3 Å². The maximum atomic E-state index is 5.91. The number of hydrogen-bond donors (Lipinski definition) is 0. The molecule has 1 aliphatic rings. The minimum absolute atomic E-state index is 0.148. The lowest BCUT2D eigenvalue weighted by Crippen LogP contribution is -2.46. The molecule has 3 nitrogen and oxygen atoms in total. The van der Waals surface area contributed by atoms with Crippen molar-refractivity contribution in [3.63, 3.8) is 0 Å². The Kier molecular flexibility index (Phi) is 6.15. The van der Waals surface area contributed by atoms with Crippen molar-refractivity contribution in [3.8, 4) is 5.75 Å². The molecule has 0 radical (unpaired) electrons. The number of anilines is 1. The lowest BCUT2D eigenvalue weighted by atomic mass is 10.1.